The van der Waals surface area contributed by atoms with Crippen molar-refractivity contribution in [2.45, 2.75) is 19.5 Å². The van der Waals surface area contributed by atoms with Gasteiger partial charge >= 0.3 is 0 Å². The Morgan fingerprint density at radius 3 is 2.88 bits per heavy atom. The van der Waals surface area contributed by atoms with E-state index in [0.29, 0.717) is 5.82 Å². The fourth-order valence-corrected chi connectivity index (χ4v) is 1.95. The highest BCUT2D eigenvalue weighted by Gasteiger charge is 2.15. The van der Waals surface area contributed by atoms with Crippen molar-refractivity contribution in [2.75, 3.05) is 13.7 Å². The van der Waals surface area contributed by atoms with Crippen LogP contribution in [0.4, 0.5) is 0 Å². The summed E-state index contributed by atoms with van der Waals surface area (Å²) in [5, 5.41) is 9.13. The van der Waals surface area contributed by atoms with Crippen LogP contribution in [0.3, 0.4) is 0 Å². The molecule has 5 heteroatoms. The van der Waals surface area contributed by atoms with Crippen molar-refractivity contribution in [1.29, 1.82) is 0 Å². The number of rotatable bonds is 4. The summed E-state index contributed by atoms with van der Waals surface area (Å²) in [7, 11) is 1.62. The smallest absolute Gasteiger partial charge is 0.129 e. The van der Waals surface area contributed by atoms with Crippen molar-refractivity contribution in [3.05, 3.63) is 24.0 Å². The van der Waals surface area contributed by atoms with E-state index < -0.39 is 6.04 Å². The molecule has 0 spiro atoms. The number of aryl methyl sites for hydroxylation is 1. The van der Waals surface area contributed by atoms with E-state index in [-0.39, 0.29) is 6.61 Å². The molecule has 5 nitrogen and oxygen atoms in total. The summed E-state index contributed by atoms with van der Waals surface area (Å²) in [4.78, 5) is 4.46. The molecule has 0 radical (unpaired) electrons. The van der Waals surface area contributed by atoms with Crippen molar-refractivity contribution in [2.24, 2.45) is 5.73 Å². The first kappa shape index (κ1) is 11.9. The second-order valence-corrected chi connectivity index (χ2v) is 3.86. The maximum absolute atomic E-state index is 9.13. The SMILES string of the molecule is CCn1c(C(N)CO)nc2cc(OC)ccc21. The van der Waals surface area contributed by atoms with Gasteiger partial charge in [-0.25, -0.2) is 4.98 Å². The first-order valence-corrected chi connectivity index (χ1v) is 5.61. The molecule has 1 aromatic heterocycles. The first-order valence-electron chi connectivity index (χ1n) is 5.61. The van der Waals surface area contributed by atoms with E-state index in [4.69, 9.17) is 15.6 Å². The highest BCUT2D eigenvalue weighted by atomic mass is 16.5. The molecule has 3 N–H and O–H groups in total. The van der Waals surface area contributed by atoms with Crippen LogP contribution in [0.5, 0.6) is 5.75 Å². The number of aromatic nitrogens is 2. The molecular formula is C12H17N3O2. The van der Waals surface area contributed by atoms with Gasteiger partial charge in [0, 0.05) is 12.6 Å². The number of ether oxygens (including phenoxy) is 1. The molecule has 2 rings (SSSR count). The average Bonchev–Trinajstić information content (AvgIpc) is 2.74. The number of fused-ring (bicyclic) bond motifs is 1. The van der Waals surface area contributed by atoms with Crippen LogP contribution >= 0.6 is 0 Å². The fraction of sp³-hybridized carbons (Fsp3) is 0.417. The minimum Gasteiger partial charge on any atom is -0.497 e. The lowest BCUT2D eigenvalue weighted by Gasteiger charge is -2.10. The Hall–Kier alpha value is -1.59. The highest BCUT2D eigenvalue weighted by Crippen LogP contribution is 2.23. The van der Waals surface area contributed by atoms with Crippen LogP contribution in [0.2, 0.25) is 0 Å². The van der Waals surface area contributed by atoms with Gasteiger partial charge in [0.2, 0.25) is 0 Å². The Morgan fingerprint density at radius 2 is 2.29 bits per heavy atom. The van der Waals surface area contributed by atoms with E-state index in [1.165, 1.54) is 0 Å². The number of aliphatic hydroxyl groups is 1. The van der Waals surface area contributed by atoms with Crippen LogP contribution in [0.1, 0.15) is 18.8 Å². The molecule has 1 atom stereocenters. The molecule has 1 unspecified atom stereocenters. The third kappa shape index (κ3) is 1.99. The van der Waals surface area contributed by atoms with E-state index in [0.717, 1.165) is 23.3 Å². The monoisotopic (exact) mass is 235 g/mol. The summed E-state index contributed by atoms with van der Waals surface area (Å²) in [6, 6.07) is 5.27. The zero-order valence-electron chi connectivity index (χ0n) is 10.1. The first-order chi connectivity index (χ1) is 8.21. The van der Waals surface area contributed by atoms with Gasteiger partial charge in [-0.15, -0.1) is 0 Å². The summed E-state index contributed by atoms with van der Waals surface area (Å²) >= 11 is 0. The quantitative estimate of drug-likeness (QED) is 0.831. The second-order valence-electron chi connectivity index (χ2n) is 3.86. The van der Waals surface area contributed by atoms with Crippen molar-refractivity contribution in [1.82, 2.24) is 9.55 Å². The van der Waals surface area contributed by atoms with Crippen LogP contribution in [0.15, 0.2) is 18.2 Å². The van der Waals surface area contributed by atoms with E-state index in [1.54, 1.807) is 7.11 Å². The summed E-state index contributed by atoms with van der Waals surface area (Å²) in [5.41, 5.74) is 7.69. The number of nitrogens with two attached hydrogens (primary N) is 1. The van der Waals surface area contributed by atoms with Crippen molar-refractivity contribution >= 4 is 11.0 Å². The van der Waals surface area contributed by atoms with Gasteiger partial charge in [-0.3, -0.25) is 0 Å². The average molecular weight is 235 g/mol. The van der Waals surface area contributed by atoms with Crippen LogP contribution in [-0.2, 0) is 6.54 Å². The molecule has 0 saturated heterocycles. The summed E-state index contributed by atoms with van der Waals surface area (Å²) < 4.78 is 7.17. The number of imidazole rings is 1. The van der Waals surface area contributed by atoms with Gasteiger partial charge in [0.25, 0.3) is 0 Å². The van der Waals surface area contributed by atoms with Crippen molar-refractivity contribution in [3.8, 4) is 5.75 Å². The normalized spacial score (nSPS) is 12.9. The van der Waals surface area contributed by atoms with E-state index >= 15 is 0 Å². The standard InChI is InChI=1S/C12H17N3O2/c1-3-15-11-5-4-8(17-2)6-10(11)14-12(15)9(13)7-16/h4-6,9,16H,3,7,13H2,1-2H3. The Balaban J connectivity index is 2.61. The molecule has 92 valence electrons. The van der Waals surface area contributed by atoms with E-state index in [9.17, 15) is 0 Å². The van der Waals surface area contributed by atoms with Crippen molar-refractivity contribution in [3.63, 3.8) is 0 Å². The lowest BCUT2D eigenvalue weighted by Crippen LogP contribution is -2.19. The Bertz CT molecular complexity index is 522. The van der Waals surface area contributed by atoms with Gasteiger partial charge < -0.3 is 20.1 Å². The molecule has 1 aromatic carbocycles. The summed E-state index contributed by atoms with van der Waals surface area (Å²) in [6.07, 6.45) is 0. The maximum atomic E-state index is 9.13. The van der Waals surface area contributed by atoms with Crippen LogP contribution in [-0.4, -0.2) is 28.4 Å². The lowest BCUT2D eigenvalue weighted by molar-refractivity contribution is 0.261. The lowest BCUT2D eigenvalue weighted by atomic mass is 10.3. The van der Waals surface area contributed by atoms with Crippen molar-refractivity contribution < 1.29 is 9.84 Å². The van der Waals surface area contributed by atoms with Gasteiger partial charge in [-0.1, -0.05) is 0 Å². The van der Waals surface area contributed by atoms with Crippen LogP contribution in [0, 0.1) is 0 Å². The summed E-state index contributed by atoms with van der Waals surface area (Å²) in [5.74, 6) is 1.47. The number of methoxy groups -OCH3 is 1. The molecular weight excluding hydrogens is 218 g/mol. The van der Waals surface area contributed by atoms with Gasteiger partial charge in [0.05, 0.1) is 30.8 Å². The number of nitrogens with zero attached hydrogens (tertiary/aromatic N) is 2. The predicted molar refractivity (Wildman–Crippen MR) is 66.0 cm³/mol. The molecule has 0 bridgehead atoms. The molecule has 0 aliphatic heterocycles. The third-order valence-electron chi connectivity index (χ3n) is 2.83. The van der Waals surface area contributed by atoms with E-state index in [2.05, 4.69) is 4.98 Å². The predicted octanol–water partition coefficient (Wildman–Crippen LogP) is 1.06. The number of hydrogen-bond acceptors (Lipinski definition) is 4. The zero-order valence-corrected chi connectivity index (χ0v) is 10.1. The number of aliphatic hydroxyl groups excluding tert-OH is 1. The van der Waals surface area contributed by atoms with Gasteiger partial charge in [-0.05, 0) is 19.1 Å². The Morgan fingerprint density at radius 1 is 1.53 bits per heavy atom. The van der Waals surface area contributed by atoms with Crippen LogP contribution in [0.25, 0.3) is 11.0 Å². The Kier molecular flexibility index (Phi) is 3.31. The third-order valence-corrected chi connectivity index (χ3v) is 2.83. The van der Waals surface area contributed by atoms with Gasteiger partial charge in [0.1, 0.15) is 11.6 Å². The molecule has 17 heavy (non-hydrogen) atoms. The number of hydrogen-bond donors (Lipinski definition) is 2. The minimum atomic E-state index is -0.451. The maximum Gasteiger partial charge on any atom is 0.129 e. The van der Waals surface area contributed by atoms with Gasteiger partial charge in [-0.2, -0.15) is 0 Å². The highest BCUT2D eigenvalue weighted by molar-refractivity contribution is 5.78. The molecule has 1 heterocycles. The van der Waals surface area contributed by atoms with E-state index in [1.807, 2.05) is 29.7 Å². The minimum absolute atomic E-state index is 0.111. The molecule has 0 fully saturated rings. The Labute approximate surface area is 99.8 Å². The summed E-state index contributed by atoms with van der Waals surface area (Å²) in [6.45, 7) is 2.69. The molecule has 2 aromatic rings. The fourth-order valence-electron chi connectivity index (χ4n) is 1.95. The molecule has 0 aliphatic rings. The second kappa shape index (κ2) is 4.73. The van der Waals surface area contributed by atoms with Crippen LogP contribution < -0.4 is 10.5 Å². The zero-order chi connectivity index (χ0) is 12.4. The molecule has 0 amide bonds. The molecule has 0 aliphatic carbocycles. The molecule has 0 saturated carbocycles. The largest absolute Gasteiger partial charge is 0.497 e. The topological polar surface area (TPSA) is 73.3 Å². The number of benzene rings is 1. The van der Waals surface area contributed by atoms with Gasteiger partial charge in [0.15, 0.2) is 0 Å².